The quantitative estimate of drug-likeness (QED) is 0.828. The number of amides is 2. The van der Waals surface area contributed by atoms with Crippen molar-refractivity contribution in [2.75, 3.05) is 20.2 Å². The van der Waals surface area contributed by atoms with E-state index in [9.17, 15) is 22.8 Å². The minimum Gasteiger partial charge on any atom is -0.440 e. The number of likely N-dealkylation sites (N-methyl/N-ethyl adjacent to an activating group) is 1. The highest BCUT2D eigenvalue weighted by Crippen LogP contribution is 2.22. The maximum absolute atomic E-state index is 12.5. The number of imidazole rings is 1. The number of carbonyl (C=O) groups excluding carboxylic acids is 2. The van der Waals surface area contributed by atoms with Crippen molar-refractivity contribution in [1.29, 1.82) is 0 Å². The summed E-state index contributed by atoms with van der Waals surface area (Å²) in [4.78, 5) is 30.9. The standard InChI is InChI=1S/C14H19F3N4O3/c1-19-7-5-18-11(19)8-20(2)12(22)10-4-3-6-21(10)13(23)24-9-14(15,16)17/h5,7,10H,3-4,6,8-9H2,1-2H3/t10-/m1/s1. The Morgan fingerprint density at radius 1 is 1.46 bits per heavy atom. The number of likely N-dealkylation sites (tertiary alicyclic amines) is 1. The summed E-state index contributed by atoms with van der Waals surface area (Å²) in [7, 11) is 3.35. The Balaban J connectivity index is 1.97. The zero-order valence-electron chi connectivity index (χ0n) is 13.4. The summed E-state index contributed by atoms with van der Waals surface area (Å²) >= 11 is 0. The van der Waals surface area contributed by atoms with Crippen molar-refractivity contribution in [3.63, 3.8) is 0 Å². The summed E-state index contributed by atoms with van der Waals surface area (Å²) in [6, 6.07) is -0.809. The number of halogens is 3. The van der Waals surface area contributed by atoms with Crippen LogP contribution in [0, 0.1) is 0 Å². The van der Waals surface area contributed by atoms with Crippen molar-refractivity contribution in [2.45, 2.75) is 31.6 Å². The number of alkyl halides is 3. The molecule has 1 aliphatic heterocycles. The number of carbonyl (C=O) groups is 2. The van der Waals surface area contributed by atoms with Gasteiger partial charge < -0.3 is 14.2 Å². The van der Waals surface area contributed by atoms with E-state index in [1.807, 2.05) is 0 Å². The average Bonchev–Trinajstić information content (AvgIpc) is 3.13. The molecule has 2 heterocycles. The van der Waals surface area contributed by atoms with E-state index in [1.54, 1.807) is 31.1 Å². The van der Waals surface area contributed by atoms with Gasteiger partial charge in [-0.15, -0.1) is 0 Å². The van der Waals surface area contributed by atoms with Gasteiger partial charge in [-0.3, -0.25) is 9.69 Å². The number of ether oxygens (including phenoxy) is 1. The molecule has 1 fully saturated rings. The van der Waals surface area contributed by atoms with Gasteiger partial charge in [-0.2, -0.15) is 13.2 Å². The molecule has 0 aromatic carbocycles. The van der Waals surface area contributed by atoms with E-state index < -0.39 is 24.9 Å². The molecule has 0 saturated carbocycles. The molecular formula is C14H19F3N4O3. The summed E-state index contributed by atoms with van der Waals surface area (Å²) in [5.74, 6) is 0.314. The summed E-state index contributed by atoms with van der Waals surface area (Å²) in [6.07, 6.45) is -1.44. The van der Waals surface area contributed by atoms with Gasteiger partial charge in [0.2, 0.25) is 5.91 Å². The molecule has 0 radical (unpaired) electrons. The van der Waals surface area contributed by atoms with E-state index in [1.165, 1.54) is 4.90 Å². The minimum absolute atomic E-state index is 0.198. The first-order chi connectivity index (χ1) is 11.2. The second-order valence-electron chi connectivity index (χ2n) is 5.67. The van der Waals surface area contributed by atoms with Crippen LogP contribution in [0.25, 0.3) is 0 Å². The number of aryl methyl sites for hydroxylation is 1. The zero-order valence-corrected chi connectivity index (χ0v) is 13.4. The largest absolute Gasteiger partial charge is 0.440 e. The number of nitrogens with zero attached hydrogens (tertiary/aromatic N) is 4. The lowest BCUT2D eigenvalue weighted by Crippen LogP contribution is -2.47. The molecule has 1 saturated heterocycles. The van der Waals surface area contributed by atoms with Gasteiger partial charge in [-0.05, 0) is 12.8 Å². The van der Waals surface area contributed by atoms with Gasteiger partial charge in [0.15, 0.2) is 6.61 Å². The van der Waals surface area contributed by atoms with Gasteiger partial charge in [0.25, 0.3) is 0 Å². The van der Waals surface area contributed by atoms with Crippen molar-refractivity contribution < 1.29 is 27.5 Å². The van der Waals surface area contributed by atoms with Gasteiger partial charge >= 0.3 is 12.3 Å². The molecule has 0 aliphatic carbocycles. The topological polar surface area (TPSA) is 67.7 Å². The Hall–Kier alpha value is -2.26. The predicted octanol–water partition coefficient (Wildman–Crippen LogP) is 1.54. The Morgan fingerprint density at radius 3 is 2.75 bits per heavy atom. The molecule has 0 N–H and O–H groups in total. The van der Waals surface area contributed by atoms with E-state index in [-0.39, 0.29) is 19.0 Å². The third-order valence-corrected chi connectivity index (χ3v) is 3.81. The highest BCUT2D eigenvalue weighted by Gasteiger charge is 2.38. The Labute approximate surface area is 137 Å². The smallest absolute Gasteiger partial charge is 0.422 e. The van der Waals surface area contributed by atoms with Crippen LogP contribution < -0.4 is 0 Å². The molecule has 0 spiro atoms. The molecule has 10 heteroatoms. The molecule has 2 rings (SSSR count). The highest BCUT2D eigenvalue weighted by molar-refractivity contribution is 5.86. The van der Waals surface area contributed by atoms with Crippen LogP contribution in [0.3, 0.4) is 0 Å². The van der Waals surface area contributed by atoms with Crippen LogP contribution in [0.5, 0.6) is 0 Å². The molecule has 0 unspecified atom stereocenters. The van der Waals surface area contributed by atoms with Crippen LogP contribution in [0.15, 0.2) is 12.4 Å². The van der Waals surface area contributed by atoms with Crippen LogP contribution in [0.4, 0.5) is 18.0 Å². The van der Waals surface area contributed by atoms with E-state index in [2.05, 4.69) is 9.72 Å². The molecule has 1 aliphatic rings. The molecule has 1 atom stereocenters. The van der Waals surface area contributed by atoms with Crippen LogP contribution in [-0.2, 0) is 23.1 Å². The van der Waals surface area contributed by atoms with Crippen LogP contribution in [-0.4, -0.2) is 63.8 Å². The van der Waals surface area contributed by atoms with Gasteiger partial charge in [-0.25, -0.2) is 9.78 Å². The van der Waals surface area contributed by atoms with Crippen LogP contribution in [0.2, 0.25) is 0 Å². The second kappa shape index (κ2) is 7.10. The summed E-state index contributed by atoms with van der Waals surface area (Å²) in [6.45, 7) is -1.22. The summed E-state index contributed by atoms with van der Waals surface area (Å²) in [5, 5.41) is 0. The maximum atomic E-state index is 12.5. The molecule has 2 amide bonds. The third-order valence-electron chi connectivity index (χ3n) is 3.81. The summed E-state index contributed by atoms with van der Waals surface area (Å²) in [5.41, 5.74) is 0. The minimum atomic E-state index is -4.59. The highest BCUT2D eigenvalue weighted by atomic mass is 19.4. The molecule has 0 bridgehead atoms. The van der Waals surface area contributed by atoms with Gasteiger partial charge in [0, 0.05) is 33.0 Å². The third kappa shape index (κ3) is 4.39. The molecule has 134 valence electrons. The van der Waals surface area contributed by atoms with E-state index in [0.717, 1.165) is 4.90 Å². The van der Waals surface area contributed by atoms with Crippen molar-refractivity contribution in [1.82, 2.24) is 19.4 Å². The number of hydrogen-bond acceptors (Lipinski definition) is 4. The molecule has 1 aromatic rings. The van der Waals surface area contributed by atoms with Crippen LogP contribution >= 0.6 is 0 Å². The second-order valence-corrected chi connectivity index (χ2v) is 5.67. The van der Waals surface area contributed by atoms with Crippen molar-refractivity contribution in [3.05, 3.63) is 18.2 Å². The van der Waals surface area contributed by atoms with Crippen molar-refractivity contribution in [2.24, 2.45) is 7.05 Å². The maximum Gasteiger partial charge on any atom is 0.422 e. The van der Waals surface area contributed by atoms with Gasteiger partial charge in [0.1, 0.15) is 11.9 Å². The Bertz CT molecular complexity index is 602. The predicted molar refractivity (Wildman–Crippen MR) is 76.8 cm³/mol. The fourth-order valence-corrected chi connectivity index (χ4v) is 2.56. The summed E-state index contributed by atoms with van der Waals surface area (Å²) < 4.78 is 42.5. The SMILES string of the molecule is CN(Cc1nccn1C)C(=O)[C@H]1CCCN1C(=O)OCC(F)(F)F. The fraction of sp³-hybridized carbons (Fsp3) is 0.643. The van der Waals surface area contributed by atoms with E-state index >= 15 is 0 Å². The lowest BCUT2D eigenvalue weighted by molar-refractivity contribution is -0.163. The number of rotatable bonds is 4. The monoisotopic (exact) mass is 348 g/mol. The molecular weight excluding hydrogens is 329 g/mol. The van der Waals surface area contributed by atoms with Crippen molar-refractivity contribution >= 4 is 12.0 Å². The molecule has 7 nitrogen and oxygen atoms in total. The number of hydrogen-bond donors (Lipinski definition) is 0. The van der Waals surface area contributed by atoms with Gasteiger partial charge in [0.05, 0.1) is 6.54 Å². The number of aromatic nitrogens is 2. The fourth-order valence-electron chi connectivity index (χ4n) is 2.56. The van der Waals surface area contributed by atoms with Crippen molar-refractivity contribution in [3.8, 4) is 0 Å². The lowest BCUT2D eigenvalue weighted by Gasteiger charge is -2.27. The first-order valence-corrected chi connectivity index (χ1v) is 7.40. The normalized spacial score (nSPS) is 17.9. The van der Waals surface area contributed by atoms with Gasteiger partial charge in [-0.1, -0.05) is 0 Å². The zero-order chi connectivity index (χ0) is 17.9. The first-order valence-electron chi connectivity index (χ1n) is 7.40. The van der Waals surface area contributed by atoms with E-state index in [0.29, 0.717) is 18.7 Å². The first kappa shape index (κ1) is 18.1. The molecule has 1 aromatic heterocycles. The van der Waals surface area contributed by atoms with E-state index in [4.69, 9.17) is 0 Å². The Morgan fingerprint density at radius 2 is 2.17 bits per heavy atom. The average molecular weight is 348 g/mol. The van der Waals surface area contributed by atoms with Crippen LogP contribution in [0.1, 0.15) is 18.7 Å². The molecule has 24 heavy (non-hydrogen) atoms. The Kier molecular flexibility index (Phi) is 5.35. The lowest BCUT2D eigenvalue weighted by atomic mass is 10.2.